The highest BCUT2D eigenvalue weighted by Gasteiger charge is 2.06. The summed E-state index contributed by atoms with van der Waals surface area (Å²) in [7, 11) is 1.66. The van der Waals surface area contributed by atoms with Gasteiger partial charge in [-0.2, -0.15) is 0 Å². The van der Waals surface area contributed by atoms with Gasteiger partial charge in [0.25, 0.3) is 0 Å². The second-order valence-electron chi connectivity index (χ2n) is 3.68. The number of hydrogen-bond acceptors (Lipinski definition) is 3. The first-order valence-electron chi connectivity index (χ1n) is 5.34. The summed E-state index contributed by atoms with van der Waals surface area (Å²) >= 11 is 5.89. The van der Waals surface area contributed by atoms with Crippen LogP contribution in [0.5, 0.6) is 0 Å². The van der Waals surface area contributed by atoms with E-state index in [0.29, 0.717) is 13.0 Å². The molecule has 1 rings (SSSR count). The zero-order valence-corrected chi connectivity index (χ0v) is 10.2. The number of rotatable bonds is 7. The highest BCUT2D eigenvalue weighted by molar-refractivity contribution is 6.30. The molecule has 0 amide bonds. The van der Waals surface area contributed by atoms with E-state index >= 15 is 0 Å². The third-order valence-electron chi connectivity index (χ3n) is 2.33. The fourth-order valence-electron chi connectivity index (χ4n) is 1.51. The van der Waals surface area contributed by atoms with Crippen molar-refractivity contribution in [3.63, 3.8) is 0 Å². The molecular formula is C12H18ClNO2. The van der Waals surface area contributed by atoms with E-state index in [9.17, 15) is 0 Å². The van der Waals surface area contributed by atoms with Gasteiger partial charge in [-0.05, 0) is 24.1 Å². The van der Waals surface area contributed by atoms with Crippen LogP contribution in [0.25, 0.3) is 0 Å². The van der Waals surface area contributed by atoms with E-state index in [1.54, 1.807) is 7.11 Å². The Morgan fingerprint density at radius 2 is 2.31 bits per heavy atom. The Morgan fingerprint density at radius 1 is 1.50 bits per heavy atom. The summed E-state index contributed by atoms with van der Waals surface area (Å²) in [5, 5.41) is 12.9. The van der Waals surface area contributed by atoms with Gasteiger partial charge in [-0.1, -0.05) is 23.7 Å². The van der Waals surface area contributed by atoms with Crippen LogP contribution in [0.1, 0.15) is 12.0 Å². The van der Waals surface area contributed by atoms with Gasteiger partial charge in [0.05, 0.1) is 6.61 Å². The maximum absolute atomic E-state index is 8.89. The summed E-state index contributed by atoms with van der Waals surface area (Å²) in [6.45, 7) is 1.49. The van der Waals surface area contributed by atoms with Crippen molar-refractivity contribution in [2.45, 2.75) is 19.0 Å². The van der Waals surface area contributed by atoms with Crippen molar-refractivity contribution in [1.29, 1.82) is 0 Å². The standard InChI is InChI=1S/C12H18ClNO2/c1-16-9-12(5-6-15)14-8-10-3-2-4-11(13)7-10/h2-4,7,12,14-15H,5-6,8-9H2,1H3. The van der Waals surface area contributed by atoms with Crippen LogP contribution in [-0.2, 0) is 11.3 Å². The Labute approximate surface area is 101 Å². The van der Waals surface area contributed by atoms with Crippen molar-refractivity contribution in [2.24, 2.45) is 0 Å². The molecule has 90 valence electrons. The van der Waals surface area contributed by atoms with E-state index in [1.807, 2.05) is 24.3 Å². The molecule has 0 aliphatic heterocycles. The van der Waals surface area contributed by atoms with Crippen molar-refractivity contribution >= 4 is 11.6 Å². The summed E-state index contributed by atoms with van der Waals surface area (Å²) in [5.74, 6) is 0. The monoisotopic (exact) mass is 243 g/mol. The smallest absolute Gasteiger partial charge is 0.0616 e. The molecule has 0 fully saturated rings. The number of benzene rings is 1. The molecular weight excluding hydrogens is 226 g/mol. The van der Waals surface area contributed by atoms with Gasteiger partial charge in [-0.3, -0.25) is 0 Å². The predicted molar refractivity (Wildman–Crippen MR) is 65.7 cm³/mol. The van der Waals surface area contributed by atoms with Crippen LogP contribution in [0.15, 0.2) is 24.3 Å². The number of aliphatic hydroxyl groups is 1. The molecule has 3 nitrogen and oxygen atoms in total. The van der Waals surface area contributed by atoms with Crippen LogP contribution >= 0.6 is 11.6 Å². The van der Waals surface area contributed by atoms with Gasteiger partial charge >= 0.3 is 0 Å². The first kappa shape index (κ1) is 13.5. The van der Waals surface area contributed by atoms with Gasteiger partial charge in [-0.15, -0.1) is 0 Å². The van der Waals surface area contributed by atoms with Crippen LogP contribution in [0.3, 0.4) is 0 Å². The van der Waals surface area contributed by atoms with E-state index in [1.165, 1.54) is 0 Å². The molecule has 2 N–H and O–H groups in total. The molecule has 4 heteroatoms. The minimum atomic E-state index is 0.163. The second-order valence-corrected chi connectivity index (χ2v) is 4.11. The molecule has 0 radical (unpaired) electrons. The molecule has 16 heavy (non-hydrogen) atoms. The molecule has 1 aromatic rings. The van der Waals surface area contributed by atoms with Crippen LogP contribution in [0, 0.1) is 0 Å². The molecule has 0 saturated carbocycles. The zero-order valence-electron chi connectivity index (χ0n) is 9.45. The lowest BCUT2D eigenvalue weighted by molar-refractivity contribution is 0.148. The zero-order chi connectivity index (χ0) is 11.8. The van der Waals surface area contributed by atoms with Crippen LogP contribution < -0.4 is 5.32 Å². The van der Waals surface area contributed by atoms with Gasteiger partial charge in [0.2, 0.25) is 0 Å². The third-order valence-corrected chi connectivity index (χ3v) is 2.56. The van der Waals surface area contributed by atoms with E-state index in [-0.39, 0.29) is 12.6 Å². The maximum atomic E-state index is 8.89. The minimum Gasteiger partial charge on any atom is -0.396 e. The largest absolute Gasteiger partial charge is 0.396 e. The van der Waals surface area contributed by atoms with Crippen LogP contribution in [0.4, 0.5) is 0 Å². The fraction of sp³-hybridized carbons (Fsp3) is 0.500. The van der Waals surface area contributed by atoms with Crippen molar-refractivity contribution in [2.75, 3.05) is 20.3 Å². The molecule has 1 aromatic carbocycles. The second kappa shape index (κ2) is 7.63. The van der Waals surface area contributed by atoms with Gasteiger partial charge in [0.1, 0.15) is 0 Å². The quantitative estimate of drug-likeness (QED) is 0.768. The third kappa shape index (κ3) is 4.94. The number of methoxy groups -OCH3 is 1. The SMILES string of the molecule is COCC(CCO)NCc1cccc(Cl)c1. The Balaban J connectivity index is 2.41. The lowest BCUT2D eigenvalue weighted by Crippen LogP contribution is -2.33. The normalized spacial score (nSPS) is 12.7. The van der Waals surface area contributed by atoms with E-state index in [0.717, 1.165) is 17.1 Å². The predicted octanol–water partition coefficient (Wildman–Crippen LogP) is 1.83. The topological polar surface area (TPSA) is 41.5 Å². The average molecular weight is 244 g/mol. The summed E-state index contributed by atoms with van der Waals surface area (Å²) in [4.78, 5) is 0. The molecule has 1 unspecified atom stereocenters. The maximum Gasteiger partial charge on any atom is 0.0616 e. The first-order chi connectivity index (χ1) is 7.76. The lowest BCUT2D eigenvalue weighted by atomic mass is 10.2. The molecule has 0 spiro atoms. The number of nitrogens with one attached hydrogen (secondary N) is 1. The van der Waals surface area contributed by atoms with Gasteiger partial charge < -0.3 is 15.2 Å². The number of ether oxygens (including phenoxy) is 1. The summed E-state index contributed by atoms with van der Waals surface area (Å²) in [6, 6.07) is 7.90. The molecule has 0 bridgehead atoms. The molecule has 0 aliphatic carbocycles. The molecule has 0 aliphatic rings. The van der Waals surface area contributed by atoms with Crippen molar-refractivity contribution in [1.82, 2.24) is 5.32 Å². The minimum absolute atomic E-state index is 0.163. The summed E-state index contributed by atoms with van der Waals surface area (Å²) < 4.78 is 5.07. The number of hydrogen-bond donors (Lipinski definition) is 2. The first-order valence-corrected chi connectivity index (χ1v) is 5.71. The van der Waals surface area contributed by atoms with Crippen LogP contribution in [-0.4, -0.2) is 31.5 Å². The van der Waals surface area contributed by atoms with Crippen LogP contribution in [0.2, 0.25) is 5.02 Å². The van der Waals surface area contributed by atoms with Crippen molar-refractivity contribution < 1.29 is 9.84 Å². The Bertz CT molecular complexity index is 301. The Morgan fingerprint density at radius 3 is 2.94 bits per heavy atom. The number of halogens is 1. The highest BCUT2D eigenvalue weighted by Crippen LogP contribution is 2.10. The van der Waals surface area contributed by atoms with Crippen molar-refractivity contribution in [3.8, 4) is 0 Å². The lowest BCUT2D eigenvalue weighted by Gasteiger charge is -2.16. The fourth-order valence-corrected chi connectivity index (χ4v) is 1.72. The molecule has 1 atom stereocenters. The van der Waals surface area contributed by atoms with Gasteiger partial charge in [0.15, 0.2) is 0 Å². The highest BCUT2D eigenvalue weighted by atomic mass is 35.5. The Hall–Kier alpha value is -0.610. The molecule has 0 heterocycles. The molecule has 0 saturated heterocycles. The van der Waals surface area contributed by atoms with Gasteiger partial charge in [-0.25, -0.2) is 0 Å². The van der Waals surface area contributed by atoms with E-state index in [4.69, 9.17) is 21.4 Å². The molecule has 0 aromatic heterocycles. The van der Waals surface area contributed by atoms with E-state index < -0.39 is 0 Å². The summed E-state index contributed by atoms with van der Waals surface area (Å²) in [6.07, 6.45) is 0.689. The van der Waals surface area contributed by atoms with E-state index in [2.05, 4.69) is 5.32 Å². The number of aliphatic hydroxyl groups excluding tert-OH is 1. The van der Waals surface area contributed by atoms with Gasteiger partial charge in [0, 0.05) is 31.3 Å². The summed E-state index contributed by atoms with van der Waals surface area (Å²) in [5.41, 5.74) is 1.13. The van der Waals surface area contributed by atoms with Crippen molar-refractivity contribution in [3.05, 3.63) is 34.9 Å². The average Bonchev–Trinajstić information content (AvgIpc) is 2.27. The Kier molecular flexibility index (Phi) is 6.42.